The lowest BCUT2D eigenvalue weighted by Gasteiger charge is -2.02. The molecule has 2 heterocycles. The van der Waals surface area contributed by atoms with Crippen molar-refractivity contribution in [3.8, 4) is 45.2 Å². The van der Waals surface area contributed by atoms with Gasteiger partial charge in [0.1, 0.15) is 11.0 Å². The van der Waals surface area contributed by atoms with Crippen LogP contribution in [-0.4, -0.2) is 9.97 Å². The van der Waals surface area contributed by atoms with E-state index in [2.05, 4.69) is 72.8 Å². The molecule has 6 aromatic carbocycles. The third-order valence-electron chi connectivity index (χ3n) is 7.39. The van der Waals surface area contributed by atoms with Crippen molar-refractivity contribution in [2.24, 2.45) is 0 Å². The van der Waals surface area contributed by atoms with Gasteiger partial charge in [-0.25, -0.2) is 9.97 Å². The maximum Gasteiger partial charge on any atom is 0.227 e. The number of benzene rings is 6. The minimum Gasteiger partial charge on any atom is -0.436 e. The van der Waals surface area contributed by atoms with Crippen LogP contribution >= 0.6 is 0 Å². The molecule has 0 radical (unpaired) electrons. The Kier molecular flexibility index (Phi) is 5.10. The van der Waals surface area contributed by atoms with Crippen LogP contribution in [-0.2, 0) is 0 Å². The van der Waals surface area contributed by atoms with Gasteiger partial charge in [0.25, 0.3) is 0 Å². The van der Waals surface area contributed by atoms with Crippen molar-refractivity contribution in [1.29, 1.82) is 0 Å². The van der Waals surface area contributed by atoms with E-state index in [0.29, 0.717) is 11.8 Å². The fourth-order valence-corrected chi connectivity index (χ4v) is 5.30. The molecule has 0 aliphatic carbocycles. The average Bonchev–Trinajstić information content (AvgIpc) is 3.67. The number of aromatic nitrogens is 2. The second kappa shape index (κ2) is 9.07. The Morgan fingerprint density at radius 1 is 0.325 bits per heavy atom. The first-order chi connectivity index (χ1) is 19.8. The van der Waals surface area contributed by atoms with Crippen molar-refractivity contribution in [2.75, 3.05) is 0 Å². The molecule has 0 bridgehead atoms. The Hall–Kier alpha value is -5.48. The molecule has 2 aromatic heterocycles. The SMILES string of the molecule is c1ccc(-c2ccc(-c3nc4c(ccc5c4ccc4oc(-c6ccc(-c7ccccc7)cc6)nc45)o3)cc2)cc1. The third kappa shape index (κ3) is 3.77. The van der Waals surface area contributed by atoms with Crippen LogP contribution in [0.5, 0.6) is 0 Å². The van der Waals surface area contributed by atoms with Gasteiger partial charge in [-0.1, -0.05) is 84.9 Å². The fraction of sp³-hybridized carbons (Fsp3) is 0. The molecule has 0 saturated carbocycles. The summed E-state index contributed by atoms with van der Waals surface area (Å²) >= 11 is 0. The van der Waals surface area contributed by atoms with E-state index in [1.807, 2.05) is 60.7 Å². The summed E-state index contributed by atoms with van der Waals surface area (Å²) in [5, 5.41) is 1.97. The molecule has 8 rings (SSSR count). The highest BCUT2D eigenvalue weighted by Crippen LogP contribution is 2.36. The highest BCUT2D eigenvalue weighted by atomic mass is 16.4. The standard InChI is InChI=1S/C36H22N2O2/c1-3-7-23(8-4-1)25-11-15-27(16-12-25)35-37-33-29-20-22-32-34(30(29)19-21-31(33)39-35)38-36(40-32)28-17-13-26(14-18-28)24-9-5-2-6-10-24/h1-22H. The zero-order valence-electron chi connectivity index (χ0n) is 21.4. The molecule has 0 aliphatic rings. The number of oxazole rings is 2. The summed E-state index contributed by atoms with van der Waals surface area (Å²) in [6, 6.07) is 45.3. The number of hydrogen-bond donors (Lipinski definition) is 0. The molecule has 188 valence electrons. The lowest BCUT2D eigenvalue weighted by molar-refractivity contribution is 0.619. The minimum atomic E-state index is 0.599. The molecule has 4 heteroatoms. The first-order valence-electron chi connectivity index (χ1n) is 13.2. The topological polar surface area (TPSA) is 52.1 Å². The Labute approximate surface area is 230 Å². The van der Waals surface area contributed by atoms with Gasteiger partial charge in [-0.3, -0.25) is 0 Å². The smallest absolute Gasteiger partial charge is 0.227 e. The predicted octanol–water partition coefficient (Wildman–Crippen LogP) is 9.79. The molecule has 0 amide bonds. The average molecular weight is 515 g/mol. The van der Waals surface area contributed by atoms with Crippen molar-refractivity contribution in [3.05, 3.63) is 133 Å². The first-order valence-corrected chi connectivity index (χ1v) is 13.2. The van der Waals surface area contributed by atoms with E-state index in [0.717, 1.165) is 55.2 Å². The van der Waals surface area contributed by atoms with Crippen molar-refractivity contribution in [2.45, 2.75) is 0 Å². The quantitative estimate of drug-likeness (QED) is 0.234. The molecule has 0 N–H and O–H groups in total. The molecule has 4 nitrogen and oxygen atoms in total. The van der Waals surface area contributed by atoms with Crippen molar-refractivity contribution < 1.29 is 8.83 Å². The number of hydrogen-bond acceptors (Lipinski definition) is 4. The van der Waals surface area contributed by atoms with Crippen LogP contribution in [0, 0.1) is 0 Å². The highest BCUT2D eigenvalue weighted by Gasteiger charge is 2.16. The van der Waals surface area contributed by atoms with Gasteiger partial charge in [0.2, 0.25) is 11.8 Å². The van der Waals surface area contributed by atoms with Gasteiger partial charge < -0.3 is 8.83 Å². The van der Waals surface area contributed by atoms with Crippen LogP contribution in [0.1, 0.15) is 0 Å². The first kappa shape index (κ1) is 22.5. The fourth-order valence-electron chi connectivity index (χ4n) is 5.30. The van der Waals surface area contributed by atoms with Crippen LogP contribution in [0.15, 0.2) is 142 Å². The van der Waals surface area contributed by atoms with Gasteiger partial charge in [-0.15, -0.1) is 0 Å². The molecule has 0 spiro atoms. The van der Waals surface area contributed by atoms with Crippen molar-refractivity contribution in [1.82, 2.24) is 9.97 Å². The van der Waals surface area contributed by atoms with E-state index in [1.165, 1.54) is 11.1 Å². The Morgan fingerprint density at radius 2 is 0.675 bits per heavy atom. The van der Waals surface area contributed by atoms with E-state index in [-0.39, 0.29) is 0 Å². The van der Waals surface area contributed by atoms with Crippen LogP contribution < -0.4 is 0 Å². The van der Waals surface area contributed by atoms with E-state index in [9.17, 15) is 0 Å². The summed E-state index contributed by atoms with van der Waals surface area (Å²) in [6.45, 7) is 0. The summed E-state index contributed by atoms with van der Waals surface area (Å²) in [6.07, 6.45) is 0. The van der Waals surface area contributed by atoms with E-state index in [1.54, 1.807) is 0 Å². The summed E-state index contributed by atoms with van der Waals surface area (Å²) in [4.78, 5) is 9.80. The normalized spacial score (nSPS) is 11.5. The monoisotopic (exact) mass is 514 g/mol. The molecule has 8 aromatic rings. The van der Waals surface area contributed by atoms with Gasteiger partial charge in [0, 0.05) is 21.9 Å². The van der Waals surface area contributed by atoms with E-state index < -0.39 is 0 Å². The maximum atomic E-state index is 6.19. The predicted molar refractivity (Wildman–Crippen MR) is 161 cm³/mol. The molecule has 0 aliphatic heterocycles. The van der Waals surface area contributed by atoms with Gasteiger partial charge in [-0.2, -0.15) is 0 Å². The largest absolute Gasteiger partial charge is 0.436 e. The van der Waals surface area contributed by atoms with Gasteiger partial charge >= 0.3 is 0 Å². The minimum absolute atomic E-state index is 0.599. The van der Waals surface area contributed by atoms with Crippen LogP contribution in [0.3, 0.4) is 0 Å². The summed E-state index contributed by atoms with van der Waals surface area (Å²) in [5.41, 5.74) is 9.68. The zero-order chi connectivity index (χ0) is 26.5. The summed E-state index contributed by atoms with van der Waals surface area (Å²) in [5.74, 6) is 1.20. The molecule has 40 heavy (non-hydrogen) atoms. The Bertz CT molecular complexity index is 1970. The van der Waals surface area contributed by atoms with Crippen LogP contribution in [0.2, 0.25) is 0 Å². The molecule has 0 atom stereocenters. The molecule has 0 unspecified atom stereocenters. The van der Waals surface area contributed by atoms with Crippen molar-refractivity contribution >= 4 is 33.0 Å². The third-order valence-corrected chi connectivity index (χ3v) is 7.39. The highest BCUT2D eigenvalue weighted by molar-refractivity contribution is 6.13. The molecular weight excluding hydrogens is 492 g/mol. The number of nitrogens with zero attached hydrogens (tertiary/aromatic N) is 2. The number of rotatable bonds is 4. The van der Waals surface area contributed by atoms with Crippen LogP contribution in [0.25, 0.3) is 78.1 Å². The van der Waals surface area contributed by atoms with Crippen molar-refractivity contribution in [3.63, 3.8) is 0 Å². The second-order valence-electron chi connectivity index (χ2n) is 9.84. The van der Waals surface area contributed by atoms with Gasteiger partial charge in [0.05, 0.1) is 0 Å². The lowest BCUT2D eigenvalue weighted by atomic mass is 10.0. The van der Waals surface area contributed by atoms with Gasteiger partial charge in [-0.05, 0) is 70.8 Å². The van der Waals surface area contributed by atoms with E-state index in [4.69, 9.17) is 18.8 Å². The summed E-state index contributed by atoms with van der Waals surface area (Å²) < 4.78 is 12.4. The second-order valence-corrected chi connectivity index (χ2v) is 9.84. The van der Waals surface area contributed by atoms with Gasteiger partial charge in [0.15, 0.2) is 11.2 Å². The summed E-state index contributed by atoms with van der Waals surface area (Å²) in [7, 11) is 0. The Balaban J connectivity index is 1.16. The Morgan fingerprint density at radius 3 is 1.07 bits per heavy atom. The molecule has 0 fully saturated rings. The molecular formula is C36H22N2O2. The molecule has 0 saturated heterocycles. The lowest BCUT2D eigenvalue weighted by Crippen LogP contribution is -1.81. The zero-order valence-corrected chi connectivity index (χ0v) is 21.4. The van der Waals surface area contributed by atoms with Crippen LogP contribution in [0.4, 0.5) is 0 Å². The van der Waals surface area contributed by atoms with E-state index >= 15 is 0 Å². The maximum absolute atomic E-state index is 6.19. The number of fused-ring (bicyclic) bond motifs is 5.